The molecule has 0 rings (SSSR count). The molecule has 0 saturated carbocycles. The van der Waals surface area contributed by atoms with Gasteiger partial charge in [0.2, 0.25) is 10.0 Å². The topological polar surface area (TPSA) is 64.6 Å². The molecular formula is C9H20BrNO4S. The molecule has 0 aromatic heterocycles. The van der Waals surface area contributed by atoms with Crippen LogP contribution in [-0.2, 0) is 19.5 Å². The van der Waals surface area contributed by atoms with E-state index in [1.54, 1.807) is 0 Å². The minimum atomic E-state index is -3.30. The highest BCUT2D eigenvalue weighted by Crippen LogP contribution is 1.97. The molecule has 0 aliphatic carbocycles. The minimum absolute atomic E-state index is 0.0294. The summed E-state index contributed by atoms with van der Waals surface area (Å²) in [6, 6.07) is -0.242. The van der Waals surface area contributed by atoms with Gasteiger partial charge in [-0.1, -0.05) is 15.9 Å². The van der Waals surface area contributed by atoms with Crippen LogP contribution in [-0.4, -0.2) is 52.0 Å². The van der Waals surface area contributed by atoms with E-state index in [-0.39, 0.29) is 24.5 Å². The van der Waals surface area contributed by atoms with Crippen LogP contribution in [0.5, 0.6) is 0 Å². The third kappa shape index (κ3) is 8.46. The lowest BCUT2D eigenvalue weighted by Crippen LogP contribution is -2.41. The zero-order valence-corrected chi connectivity index (χ0v) is 12.3. The number of rotatable bonds is 9. The van der Waals surface area contributed by atoms with Crippen molar-refractivity contribution < 1.29 is 17.9 Å². The van der Waals surface area contributed by atoms with Gasteiger partial charge in [0, 0.05) is 12.4 Å². The Hall–Kier alpha value is 0.310. The molecule has 0 fully saturated rings. The molecule has 98 valence electrons. The third-order valence-electron chi connectivity index (χ3n) is 1.70. The number of alkyl halides is 1. The summed E-state index contributed by atoms with van der Waals surface area (Å²) in [5.41, 5.74) is 0. The van der Waals surface area contributed by atoms with Crippen LogP contribution in [0.25, 0.3) is 0 Å². The zero-order chi connectivity index (χ0) is 12.6. The molecule has 0 radical (unpaired) electrons. The Balaban J connectivity index is 4.02. The maximum Gasteiger partial charge on any atom is 0.214 e. The average molecular weight is 318 g/mol. The highest BCUT2D eigenvalue weighted by Gasteiger charge is 2.16. The molecule has 0 spiro atoms. The van der Waals surface area contributed by atoms with Gasteiger partial charge in [-0.2, -0.15) is 0 Å². The lowest BCUT2D eigenvalue weighted by molar-refractivity contribution is 0.0910. The van der Waals surface area contributed by atoms with Gasteiger partial charge < -0.3 is 9.47 Å². The lowest BCUT2D eigenvalue weighted by atomic mass is 10.4. The average Bonchev–Trinajstić information content (AvgIpc) is 2.15. The summed E-state index contributed by atoms with van der Waals surface area (Å²) in [6.07, 6.45) is 0.0427. The molecule has 1 N–H and O–H groups in total. The molecule has 7 heteroatoms. The number of methoxy groups -OCH3 is 1. The number of hydrogen-bond donors (Lipinski definition) is 1. The van der Waals surface area contributed by atoms with Gasteiger partial charge in [0.15, 0.2) is 0 Å². The van der Waals surface area contributed by atoms with Gasteiger partial charge in [0.05, 0.1) is 31.1 Å². The standard InChI is InChI=1S/C9H20BrNO4S/c1-8(2)15-4-5-16(12,13)11-9(6-10)7-14-3/h8-9,11H,4-7H2,1-3H3. The monoisotopic (exact) mass is 317 g/mol. The van der Waals surface area contributed by atoms with Crippen LogP contribution in [0.15, 0.2) is 0 Å². The molecule has 0 saturated heterocycles. The molecule has 0 aliphatic rings. The van der Waals surface area contributed by atoms with E-state index < -0.39 is 10.0 Å². The highest BCUT2D eigenvalue weighted by molar-refractivity contribution is 9.09. The number of hydrogen-bond acceptors (Lipinski definition) is 4. The van der Waals surface area contributed by atoms with Gasteiger partial charge in [-0.25, -0.2) is 13.1 Å². The molecule has 1 atom stereocenters. The normalized spacial score (nSPS) is 14.3. The first-order valence-corrected chi connectivity index (χ1v) is 7.85. The van der Waals surface area contributed by atoms with Gasteiger partial charge in [-0.15, -0.1) is 0 Å². The summed E-state index contributed by atoms with van der Waals surface area (Å²) in [5, 5.41) is 0.519. The van der Waals surface area contributed by atoms with E-state index in [0.29, 0.717) is 11.9 Å². The summed E-state index contributed by atoms with van der Waals surface area (Å²) < 4.78 is 35.8. The maximum atomic E-state index is 11.6. The van der Waals surface area contributed by atoms with Gasteiger partial charge in [0.25, 0.3) is 0 Å². The van der Waals surface area contributed by atoms with Crippen molar-refractivity contribution in [1.29, 1.82) is 0 Å². The molecule has 0 aromatic carbocycles. The first kappa shape index (κ1) is 16.3. The predicted molar refractivity (Wildman–Crippen MR) is 67.5 cm³/mol. The fourth-order valence-corrected chi connectivity index (χ4v) is 2.67. The van der Waals surface area contributed by atoms with E-state index in [2.05, 4.69) is 20.7 Å². The summed E-state index contributed by atoms with van der Waals surface area (Å²) in [7, 11) is -1.76. The third-order valence-corrected chi connectivity index (χ3v) is 3.88. The molecule has 1 unspecified atom stereocenters. The highest BCUT2D eigenvalue weighted by atomic mass is 79.9. The van der Waals surface area contributed by atoms with Crippen molar-refractivity contribution in [2.24, 2.45) is 0 Å². The largest absolute Gasteiger partial charge is 0.383 e. The molecule has 0 aliphatic heterocycles. The van der Waals surface area contributed by atoms with Crippen molar-refractivity contribution >= 4 is 26.0 Å². The van der Waals surface area contributed by atoms with Crippen LogP contribution in [0.1, 0.15) is 13.8 Å². The number of nitrogens with one attached hydrogen (secondary N) is 1. The van der Waals surface area contributed by atoms with Gasteiger partial charge in [-0.3, -0.25) is 0 Å². The smallest absolute Gasteiger partial charge is 0.214 e. The molecule has 0 amide bonds. The fourth-order valence-electron chi connectivity index (χ4n) is 1.02. The van der Waals surface area contributed by atoms with Gasteiger partial charge in [0.1, 0.15) is 0 Å². The Labute approximate surface area is 106 Å². The van der Waals surface area contributed by atoms with E-state index in [1.165, 1.54) is 7.11 Å². The van der Waals surface area contributed by atoms with E-state index in [0.717, 1.165) is 0 Å². The Bertz CT molecular complexity index is 269. The Morgan fingerprint density at radius 2 is 2.00 bits per heavy atom. The predicted octanol–water partition coefficient (Wildman–Crippen LogP) is 0.741. The first-order valence-electron chi connectivity index (χ1n) is 5.07. The van der Waals surface area contributed by atoms with Gasteiger partial charge in [-0.05, 0) is 13.8 Å². The van der Waals surface area contributed by atoms with Crippen molar-refractivity contribution in [2.45, 2.75) is 26.0 Å². The molecular weight excluding hydrogens is 298 g/mol. The van der Waals surface area contributed by atoms with E-state index in [1.807, 2.05) is 13.8 Å². The van der Waals surface area contributed by atoms with Crippen LogP contribution in [0.4, 0.5) is 0 Å². The quantitative estimate of drug-likeness (QED) is 0.637. The van der Waals surface area contributed by atoms with Crippen molar-refractivity contribution in [2.75, 3.05) is 31.4 Å². The molecule has 0 heterocycles. The lowest BCUT2D eigenvalue weighted by Gasteiger charge is -2.15. The molecule has 0 aromatic rings. The molecule has 16 heavy (non-hydrogen) atoms. The Morgan fingerprint density at radius 1 is 1.38 bits per heavy atom. The van der Waals surface area contributed by atoms with E-state index in [9.17, 15) is 8.42 Å². The Morgan fingerprint density at radius 3 is 2.44 bits per heavy atom. The second-order valence-electron chi connectivity index (χ2n) is 3.66. The summed E-state index contributed by atoms with van der Waals surface area (Å²) in [6.45, 7) is 4.28. The fraction of sp³-hybridized carbons (Fsp3) is 1.00. The van der Waals surface area contributed by atoms with Crippen LogP contribution in [0.2, 0.25) is 0 Å². The molecule has 0 bridgehead atoms. The number of ether oxygens (including phenoxy) is 2. The SMILES string of the molecule is COCC(CBr)NS(=O)(=O)CCOC(C)C. The van der Waals surface area contributed by atoms with Crippen LogP contribution in [0.3, 0.4) is 0 Å². The van der Waals surface area contributed by atoms with Crippen molar-refractivity contribution in [3.63, 3.8) is 0 Å². The zero-order valence-electron chi connectivity index (χ0n) is 9.90. The second kappa shape index (κ2) is 8.41. The van der Waals surface area contributed by atoms with Crippen molar-refractivity contribution in [1.82, 2.24) is 4.72 Å². The van der Waals surface area contributed by atoms with Crippen LogP contribution < -0.4 is 4.72 Å². The number of halogens is 1. The van der Waals surface area contributed by atoms with E-state index >= 15 is 0 Å². The van der Waals surface area contributed by atoms with Crippen molar-refractivity contribution in [3.05, 3.63) is 0 Å². The van der Waals surface area contributed by atoms with Gasteiger partial charge >= 0.3 is 0 Å². The van der Waals surface area contributed by atoms with Crippen LogP contribution in [0, 0.1) is 0 Å². The summed E-state index contributed by atoms with van der Waals surface area (Å²) >= 11 is 3.22. The first-order chi connectivity index (χ1) is 7.41. The second-order valence-corrected chi connectivity index (χ2v) is 6.18. The summed E-state index contributed by atoms with van der Waals surface area (Å²) in [5.74, 6) is -0.0294. The Kier molecular flexibility index (Phi) is 8.57. The summed E-state index contributed by atoms with van der Waals surface area (Å²) in [4.78, 5) is 0. The number of sulfonamides is 1. The van der Waals surface area contributed by atoms with Crippen molar-refractivity contribution in [3.8, 4) is 0 Å². The minimum Gasteiger partial charge on any atom is -0.383 e. The molecule has 5 nitrogen and oxygen atoms in total. The maximum absolute atomic E-state index is 11.6. The van der Waals surface area contributed by atoms with E-state index in [4.69, 9.17) is 9.47 Å². The van der Waals surface area contributed by atoms with Crippen LogP contribution >= 0.6 is 15.9 Å².